The van der Waals surface area contributed by atoms with Crippen LogP contribution < -0.4 is 10.6 Å². The van der Waals surface area contributed by atoms with Crippen LogP contribution in [0.5, 0.6) is 0 Å². The lowest BCUT2D eigenvalue weighted by molar-refractivity contribution is -0.383. The predicted octanol–water partition coefficient (Wildman–Crippen LogP) is 4.28. The molecule has 0 unspecified atom stereocenters. The van der Waals surface area contributed by atoms with Crippen molar-refractivity contribution in [3.63, 3.8) is 0 Å². The molecule has 26 heavy (non-hydrogen) atoms. The van der Waals surface area contributed by atoms with E-state index in [4.69, 9.17) is 11.6 Å². The molecule has 9 heteroatoms. The number of nitro benzene ring substituents is 1. The van der Waals surface area contributed by atoms with Crippen LogP contribution in [-0.4, -0.2) is 26.4 Å². The number of pyridine rings is 1. The van der Waals surface area contributed by atoms with Crippen molar-refractivity contribution in [3.8, 4) is 11.3 Å². The van der Waals surface area contributed by atoms with Gasteiger partial charge in [0.15, 0.2) is 0 Å². The van der Waals surface area contributed by atoms with Gasteiger partial charge in [0.25, 0.3) is 5.69 Å². The molecule has 0 saturated heterocycles. The fourth-order valence-electron chi connectivity index (χ4n) is 2.32. The van der Waals surface area contributed by atoms with E-state index in [1.165, 1.54) is 18.2 Å². The summed E-state index contributed by atoms with van der Waals surface area (Å²) in [5.41, 5.74) is 1.67. The van der Waals surface area contributed by atoms with E-state index in [2.05, 4.69) is 25.6 Å². The average molecular weight is 371 g/mol. The Bertz CT molecular complexity index is 936. The largest absolute Gasteiger partial charge is 0.354 e. The van der Waals surface area contributed by atoms with Crippen LogP contribution >= 0.6 is 11.6 Å². The Hall–Kier alpha value is -3.26. The summed E-state index contributed by atoms with van der Waals surface area (Å²) in [5.74, 6) is 0.821. The Morgan fingerprint density at radius 3 is 2.62 bits per heavy atom. The van der Waals surface area contributed by atoms with Gasteiger partial charge in [-0.05, 0) is 31.2 Å². The fraction of sp³-hybridized carbons (Fsp3) is 0.118. The monoisotopic (exact) mass is 370 g/mol. The Balaban J connectivity index is 2.04. The molecule has 3 aromatic rings. The van der Waals surface area contributed by atoms with Crippen LogP contribution in [-0.2, 0) is 0 Å². The van der Waals surface area contributed by atoms with Crippen molar-refractivity contribution in [1.82, 2.24) is 15.0 Å². The summed E-state index contributed by atoms with van der Waals surface area (Å²) in [7, 11) is 0. The van der Waals surface area contributed by atoms with E-state index in [0.29, 0.717) is 29.0 Å². The zero-order valence-electron chi connectivity index (χ0n) is 13.8. The summed E-state index contributed by atoms with van der Waals surface area (Å²) in [6.07, 6.45) is 3.33. The number of nitrogens with zero attached hydrogens (tertiary/aromatic N) is 4. The molecule has 0 bridgehead atoms. The number of halogens is 1. The average Bonchev–Trinajstić information content (AvgIpc) is 2.62. The van der Waals surface area contributed by atoms with E-state index in [-0.39, 0.29) is 11.4 Å². The second kappa shape index (κ2) is 7.75. The van der Waals surface area contributed by atoms with E-state index >= 15 is 0 Å². The van der Waals surface area contributed by atoms with Gasteiger partial charge in [0, 0.05) is 41.7 Å². The quantitative estimate of drug-likeness (QED) is 0.492. The SMILES string of the molecule is CCNc1nc(Nc2cc(Cl)ccc2[N+](=O)[O-])cc(-c2ccncc2)n1. The molecule has 0 radical (unpaired) electrons. The van der Waals surface area contributed by atoms with Crippen LogP contribution in [0.1, 0.15) is 6.92 Å². The smallest absolute Gasteiger partial charge is 0.292 e. The van der Waals surface area contributed by atoms with Crippen LogP contribution in [0.4, 0.5) is 23.1 Å². The van der Waals surface area contributed by atoms with Gasteiger partial charge >= 0.3 is 0 Å². The molecule has 0 aliphatic carbocycles. The van der Waals surface area contributed by atoms with Crippen molar-refractivity contribution in [3.05, 3.63) is 63.9 Å². The van der Waals surface area contributed by atoms with Gasteiger partial charge in [-0.1, -0.05) is 11.6 Å². The van der Waals surface area contributed by atoms with Crippen LogP contribution in [0, 0.1) is 10.1 Å². The highest BCUT2D eigenvalue weighted by molar-refractivity contribution is 6.31. The maximum atomic E-state index is 11.3. The van der Waals surface area contributed by atoms with Crippen LogP contribution in [0.2, 0.25) is 5.02 Å². The summed E-state index contributed by atoms with van der Waals surface area (Å²) in [4.78, 5) is 23.6. The first-order chi connectivity index (χ1) is 12.6. The summed E-state index contributed by atoms with van der Waals surface area (Å²) in [6.45, 7) is 2.56. The maximum absolute atomic E-state index is 11.3. The third kappa shape index (κ3) is 4.04. The number of hydrogen-bond donors (Lipinski definition) is 2. The first kappa shape index (κ1) is 17.6. The first-order valence-corrected chi connectivity index (χ1v) is 8.19. The highest BCUT2D eigenvalue weighted by Gasteiger charge is 2.16. The molecule has 2 heterocycles. The van der Waals surface area contributed by atoms with Crippen molar-refractivity contribution in [1.29, 1.82) is 0 Å². The number of aromatic nitrogens is 3. The van der Waals surface area contributed by atoms with E-state index in [0.717, 1.165) is 5.56 Å². The topological polar surface area (TPSA) is 106 Å². The zero-order valence-corrected chi connectivity index (χ0v) is 14.6. The summed E-state index contributed by atoms with van der Waals surface area (Å²) < 4.78 is 0. The normalized spacial score (nSPS) is 10.4. The molecule has 0 atom stereocenters. The van der Waals surface area contributed by atoms with E-state index in [9.17, 15) is 10.1 Å². The van der Waals surface area contributed by atoms with Gasteiger partial charge in [-0.25, -0.2) is 4.98 Å². The zero-order chi connectivity index (χ0) is 18.5. The van der Waals surface area contributed by atoms with Gasteiger partial charge in [-0.15, -0.1) is 0 Å². The number of nitrogens with one attached hydrogen (secondary N) is 2. The lowest BCUT2D eigenvalue weighted by atomic mass is 10.2. The van der Waals surface area contributed by atoms with E-state index in [1.54, 1.807) is 18.5 Å². The minimum atomic E-state index is -0.477. The highest BCUT2D eigenvalue weighted by atomic mass is 35.5. The van der Waals surface area contributed by atoms with E-state index in [1.807, 2.05) is 19.1 Å². The van der Waals surface area contributed by atoms with Crippen LogP contribution in [0.25, 0.3) is 11.3 Å². The molecule has 8 nitrogen and oxygen atoms in total. The second-order valence-corrected chi connectivity index (χ2v) is 5.71. The molecule has 0 spiro atoms. The molecule has 2 N–H and O–H groups in total. The van der Waals surface area contributed by atoms with Gasteiger partial charge in [-0.3, -0.25) is 15.1 Å². The van der Waals surface area contributed by atoms with Gasteiger partial charge in [0.05, 0.1) is 10.6 Å². The molecule has 0 aliphatic heterocycles. The molecule has 2 aromatic heterocycles. The summed E-state index contributed by atoms with van der Waals surface area (Å²) >= 11 is 5.98. The molecule has 0 saturated carbocycles. The lowest BCUT2D eigenvalue weighted by Gasteiger charge is -2.11. The molecule has 0 fully saturated rings. The second-order valence-electron chi connectivity index (χ2n) is 5.27. The van der Waals surface area contributed by atoms with Gasteiger partial charge in [-0.2, -0.15) is 4.98 Å². The maximum Gasteiger partial charge on any atom is 0.292 e. The molecular weight excluding hydrogens is 356 g/mol. The number of benzene rings is 1. The lowest BCUT2D eigenvalue weighted by Crippen LogP contribution is -2.06. The fourth-order valence-corrected chi connectivity index (χ4v) is 2.50. The Morgan fingerprint density at radius 1 is 1.15 bits per heavy atom. The number of rotatable bonds is 6. The Kier molecular flexibility index (Phi) is 5.23. The molecular formula is C17H15ClN6O2. The van der Waals surface area contributed by atoms with Gasteiger partial charge in [0.1, 0.15) is 11.5 Å². The molecule has 132 valence electrons. The summed E-state index contributed by atoms with van der Waals surface area (Å²) in [5, 5.41) is 17.7. The third-order valence-electron chi connectivity index (χ3n) is 3.46. The minimum absolute atomic E-state index is 0.0940. The Morgan fingerprint density at radius 2 is 1.92 bits per heavy atom. The van der Waals surface area contributed by atoms with Crippen molar-refractivity contribution < 1.29 is 4.92 Å². The number of anilines is 3. The van der Waals surface area contributed by atoms with Crippen molar-refractivity contribution in [2.75, 3.05) is 17.2 Å². The number of hydrogen-bond acceptors (Lipinski definition) is 7. The first-order valence-electron chi connectivity index (χ1n) is 7.81. The predicted molar refractivity (Wildman–Crippen MR) is 101 cm³/mol. The summed E-state index contributed by atoms with van der Waals surface area (Å²) in [6, 6.07) is 9.66. The standard InChI is InChI=1S/C17H15ClN6O2/c1-2-20-17-22-13(11-5-7-19-8-6-11)10-16(23-17)21-14-9-12(18)3-4-15(14)24(25)26/h3-10H,2H2,1H3,(H2,20,21,22,23). The number of nitro groups is 1. The Labute approximate surface area is 154 Å². The van der Waals surface area contributed by atoms with Crippen molar-refractivity contribution in [2.45, 2.75) is 6.92 Å². The van der Waals surface area contributed by atoms with Crippen LogP contribution in [0.3, 0.4) is 0 Å². The van der Waals surface area contributed by atoms with Crippen molar-refractivity contribution in [2.24, 2.45) is 0 Å². The molecule has 0 aliphatic rings. The molecule has 3 rings (SSSR count). The minimum Gasteiger partial charge on any atom is -0.354 e. The van der Waals surface area contributed by atoms with Crippen LogP contribution in [0.15, 0.2) is 48.8 Å². The van der Waals surface area contributed by atoms with Gasteiger partial charge < -0.3 is 10.6 Å². The van der Waals surface area contributed by atoms with Crippen molar-refractivity contribution >= 4 is 34.7 Å². The molecule has 0 amide bonds. The highest BCUT2D eigenvalue weighted by Crippen LogP contribution is 2.31. The van der Waals surface area contributed by atoms with E-state index < -0.39 is 4.92 Å². The van der Waals surface area contributed by atoms with Gasteiger partial charge in [0.2, 0.25) is 5.95 Å². The molecule has 1 aromatic carbocycles. The third-order valence-corrected chi connectivity index (χ3v) is 3.69.